The maximum absolute atomic E-state index is 12.6. The summed E-state index contributed by atoms with van der Waals surface area (Å²) in [5, 5.41) is 0. The lowest BCUT2D eigenvalue weighted by atomic mass is 10.0. The summed E-state index contributed by atoms with van der Waals surface area (Å²) in [5.74, 6) is -0.0185. The first-order chi connectivity index (χ1) is 24.9. The van der Waals surface area contributed by atoms with Crippen LogP contribution in [0.25, 0.3) is 0 Å². The number of carbonyl (C=O) groups is 3. The van der Waals surface area contributed by atoms with Gasteiger partial charge in [-0.25, -0.2) is 0 Å². The summed E-state index contributed by atoms with van der Waals surface area (Å²) in [6, 6.07) is 0. The summed E-state index contributed by atoms with van der Waals surface area (Å²) in [5.41, 5.74) is 0. The lowest BCUT2D eigenvalue weighted by molar-refractivity contribution is -0.167. The van der Waals surface area contributed by atoms with E-state index in [0.717, 1.165) is 70.1 Å². The molecule has 51 heavy (non-hydrogen) atoms. The molecule has 0 spiro atoms. The number of esters is 3. The Bertz CT molecular complexity index is 766. The normalized spacial score (nSPS) is 11.9. The lowest BCUT2D eigenvalue weighted by Crippen LogP contribution is -2.30. The molecule has 0 aromatic heterocycles. The van der Waals surface area contributed by atoms with E-state index in [1.54, 1.807) is 0 Å². The predicted molar refractivity (Wildman–Crippen MR) is 215 cm³/mol. The highest BCUT2D eigenvalue weighted by Crippen LogP contribution is 2.16. The topological polar surface area (TPSA) is 78.9 Å². The number of unbranched alkanes of at least 4 members (excludes halogenated alkanes) is 27. The summed E-state index contributed by atoms with van der Waals surface area (Å²) in [6.45, 7) is 8.89. The minimum Gasteiger partial charge on any atom is -0.462 e. The molecule has 0 aromatic rings. The molecule has 0 saturated heterocycles. The average molecular weight is 723 g/mol. The molecule has 0 bridgehead atoms. The first-order valence-electron chi connectivity index (χ1n) is 22.4. The molecule has 1 atom stereocenters. The Morgan fingerprint density at radius 1 is 0.373 bits per heavy atom. The molecule has 0 radical (unpaired) electrons. The van der Waals surface area contributed by atoms with Crippen molar-refractivity contribution in [2.45, 2.75) is 252 Å². The molecule has 0 heterocycles. The summed E-state index contributed by atoms with van der Waals surface area (Å²) in [7, 11) is 0. The highest BCUT2D eigenvalue weighted by atomic mass is 16.6. The van der Waals surface area contributed by atoms with E-state index in [2.05, 4.69) is 27.7 Å². The van der Waals surface area contributed by atoms with E-state index in [4.69, 9.17) is 14.2 Å². The second kappa shape index (κ2) is 39.6. The van der Waals surface area contributed by atoms with E-state index in [1.807, 2.05) is 0 Å². The fourth-order valence-electron chi connectivity index (χ4n) is 6.63. The van der Waals surface area contributed by atoms with Crippen molar-refractivity contribution in [3.63, 3.8) is 0 Å². The van der Waals surface area contributed by atoms with Crippen LogP contribution in [0.15, 0.2) is 0 Å². The zero-order valence-corrected chi connectivity index (χ0v) is 34.6. The van der Waals surface area contributed by atoms with Crippen LogP contribution in [0.5, 0.6) is 0 Å². The van der Waals surface area contributed by atoms with Gasteiger partial charge in [0.25, 0.3) is 0 Å². The van der Waals surface area contributed by atoms with Crippen molar-refractivity contribution < 1.29 is 28.6 Å². The zero-order valence-electron chi connectivity index (χ0n) is 34.6. The molecule has 6 nitrogen and oxygen atoms in total. The number of hydrogen-bond donors (Lipinski definition) is 0. The maximum Gasteiger partial charge on any atom is 0.306 e. The molecule has 0 fully saturated rings. The Kier molecular flexibility index (Phi) is 38.4. The molecule has 0 saturated carbocycles. The average Bonchev–Trinajstić information content (AvgIpc) is 3.11. The highest BCUT2D eigenvalue weighted by molar-refractivity contribution is 5.71. The molecule has 6 heteroatoms. The highest BCUT2D eigenvalue weighted by Gasteiger charge is 2.19. The standard InChI is InChI=1S/C45H86O6/c1-5-7-9-11-24-29-33-37-44(47)50-40-42(39-49-43(46)36-32-27-10-8-6-2)51-45(48)38-34-30-26-23-21-19-17-15-13-12-14-16-18-20-22-25-28-31-35-41(3)4/h41-42H,5-40H2,1-4H3/t42-/m0/s1. The first-order valence-corrected chi connectivity index (χ1v) is 22.4. The second-order valence-corrected chi connectivity index (χ2v) is 15.8. The third-order valence-electron chi connectivity index (χ3n) is 10.0. The van der Waals surface area contributed by atoms with Crippen LogP contribution >= 0.6 is 0 Å². The largest absolute Gasteiger partial charge is 0.462 e. The van der Waals surface area contributed by atoms with E-state index in [9.17, 15) is 14.4 Å². The van der Waals surface area contributed by atoms with E-state index >= 15 is 0 Å². The molecule has 0 unspecified atom stereocenters. The minimum absolute atomic E-state index is 0.0658. The zero-order chi connectivity index (χ0) is 37.5. The predicted octanol–water partition coefficient (Wildman–Crippen LogP) is 13.9. The first kappa shape index (κ1) is 49.4. The lowest BCUT2D eigenvalue weighted by Gasteiger charge is -2.18. The Morgan fingerprint density at radius 2 is 0.647 bits per heavy atom. The van der Waals surface area contributed by atoms with Gasteiger partial charge in [0.1, 0.15) is 13.2 Å². The summed E-state index contributed by atoms with van der Waals surface area (Å²) < 4.78 is 16.5. The van der Waals surface area contributed by atoms with E-state index < -0.39 is 6.10 Å². The van der Waals surface area contributed by atoms with Gasteiger partial charge >= 0.3 is 17.9 Å². The molecule has 0 aliphatic carbocycles. The van der Waals surface area contributed by atoms with Crippen LogP contribution in [-0.2, 0) is 28.6 Å². The van der Waals surface area contributed by atoms with Crippen LogP contribution in [0.4, 0.5) is 0 Å². The summed E-state index contributed by atoms with van der Waals surface area (Å²) in [6.07, 6.45) is 38.5. The van der Waals surface area contributed by atoms with Gasteiger partial charge in [0, 0.05) is 19.3 Å². The van der Waals surface area contributed by atoms with Crippen molar-refractivity contribution in [2.24, 2.45) is 5.92 Å². The van der Waals surface area contributed by atoms with Crippen molar-refractivity contribution in [3.05, 3.63) is 0 Å². The van der Waals surface area contributed by atoms with Crippen LogP contribution in [0.3, 0.4) is 0 Å². The van der Waals surface area contributed by atoms with Crippen molar-refractivity contribution in [2.75, 3.05) is 13.2 Å². The van der Waals surface area contributed by atoms with Gasteiger partial charge in [0.2, 0.25) is 0 Å². The van der Waals surface area contributed by atoms with Crippen LogP contribution < -0.4 is 0 Å². The molecule has 0 aliphatic rings. The van der Waals surface area contributed by atoms with Crippen molar-refractivity contribution in [3.8, 4) is 0 Å². The van der Waals surface area contributed by atoms with Gasteiger partial charge in [0.15, 0.2) is 6.10 Å². The molecule has 0 N–H and O–H groups in total. The summed E-state index contributed by atoms with van der Waals surface area (Å²) in [4.78, 5) is 37.2. The van der Waals surface area contributed by atoms with E-state index in [1.165, 1.54) is 135 Å². The Labute approximate surface area is 317 Å². The van der Waals surface area contributed by atoms with Crippen LogP contribution in [0.1, 0.15) is 246 Å². The maximum atomic E-state index is 12.6. The SMILES string of the molecule is CCCCCCCCCC(=O)OC[C@H](COC(=O)CCCCCCC)OC(=O)CCCCCCCCCCCCCCCCCCCCC(C)C. The quantitative estimate of drug-likeness (QED) is 0.0356. The molecular formula is C45H86O6. The van der Waals surface area contributed by atoms with Gasteiger partial charge in [-0.3, -0.25) is 14.4 Å². The number of rotatable bonds is 40. The Hall–Kier alpha value is -1.59. The number of carbonyl (C=O) groups excluding carboxylic acids is 3. The third kappa shape index (κ3) is 39.5. The molecule has 302 valence electrons. The number of ether oxygens (including phenoxy) is 3. The van der Waals surface area contributed by atoms with Crippen molar-refractivity contribution in [1.29, 1.82) is 0 Å². The second-order valence-electron chi connectivity index (χ2n) is 15.8. The van der Waals surface area contributed by atoms with Crippen molar-refractivity contribution >= 4 is 17.9 Å². The van der Waals surface area contributed by atoms with E-state index in [0.29, 0.717) is 19.3 Å². The molecule has 0 amide bonds. The van der Waals surface area contributed by atoms with Gasteiger partial charge in [0.05, 0.1) is 0 Å². The minimum atomic E-state index is -0.756. The third-order valence-corrected chi connectivity index (χ3v) is 10.0. The fourth-order valence-corrected chi connectivity index (χ4v) is 6.63. The fraction of sp³-hybridized carbons (Fsp3) is 0.933. The summed E-state index contributed by atoms with van der Waals surface area (Å²) >= 11 is 0. The monoisotopic (exact) mass is 723 g/mol. The van der Waals surface area contributed by atoms with Gasteiger partial charge in [-0.15, -0.1) is 0 Å². The van der Waals surface area contributed by atoms with Gasteiger partial charge in [-0.1, -0.05) is 207 Å². The molecule has 0 aromatic carbocycles. The van der Waals surface area contributed by atoms with Crippen molar-refractivity contribution in [1.82, 2.24) is 0 Å². The van der Waals surface area contributed by atoms with Gasteiger partial charge in [-0.05, 0) is 25.2 Å². The van der Waals surface area contributed by atoms with Crippen LogP contribution in [0, 0.1) is 5.92 Å². The molecular weight excluding hydrogens is 636 g/mol. The van der Waals surface area contributed by atoms with Crippen LogP contribution in [-0.4, -0.2) is 37.2 Å². The smallest absolute Gasteiger partial charge is 0.306 e. The van der Waals surface area contributed by atoms with Gasteiger partial charge in [-0.2, -0.15) is 0 Å². The van der Waals surface area contributed by atoms with E-state index in [-0.39, 0.29) is 31.1 Å². The Balaban J connectivity index is 4.02. The van der Waals surface area contributed by atoms with Crippen LogP contribution in [0.2, 0.25) is 0 Å². The number of hydrogen-bond acceptors (Lipinski definition) is 6. The van der Waals surface area contributed by atoms with Gasteiger partial charge < -0.3 is 14.2 Å². The Morgan fingerprint density at radius 3 is 0.961 bits per heavy atom. The molecule has 0 rings (SSSR count). The molecule has 0 aliphatic heterocycles.